The zero-order valence-corrected chi connectivity index (χ0v) is 14.2. The number of aromatic nitrogens is 1. The maximum atomic E-state index is 4.77. The molecule has 0 aromatic carbocycles. The van der Waals surface area contributed by atoms with Crippen LogP contribution in [0.2, 0.25) is 0 Å². The van der Waals surface area contributed by atoms with Crippen molar-refractivity contribution in [3.8, 4) is 0 Å². The highest BCUT2D eigenvalue weighted by atomic mass is 15.1. The van der Waals surface area contributed by atoms with E-state index in [1.165, 1.54) is 31.6 Å². The van der Waals surface area contributed by atoms with Crippen LogP contribution in [0.15, 0.2) is 18.2 Å². The van der Waals surface area contributed by atoms with E-state index in [4.69, 9.17) is 4.98 Å². The van der Waals surface area contributed by atoms with E-state index in [0.29, 0.717) is 5.41 Å². The van der Waals surface area contributed by atoms with Gasteiger partial charge in [0, 0.05) is 13.1 Å². The Hall–Kier alpha value is -0.930. The monoisotopic (exact) mass is 289 g/mol. The molecule has 1 N–H and O–H groups in total. The van der Waals surface area contributed by atoms with Gasteiger partial charge in [0.25, 0.3) is 0 Å². The van der Waals surface area contributed by atoms with Gasteiger partial charge in [0.1, 0.15) is 0 Å². The molecular weight excluding hydrogens is 258 g/mol. The second-order valence-electron chi connectivity index (χ2n) is 7.32. The SMILES string of the molecule is CCNCc1cccc(CN2CCC(C(C)(C)C)CC2)n1. The predicted octanol–water partition coefficient (Wildman–Crippen LogP) is 3.45. The van der Waals surface area contributed by atoms with Crippen LogP contribution in [-0.4, -0.2) is 29.5 Å². The van der Waals surface area contributed by atoms with Crippen LogP contribution >= 0.6 is 0 Å². The fourth-order valence-electron chi connectivity index (χ4n) is 3.16. The lowest BCUT2D eigenvalue weighted by atomic mass is 9.75. The van der Waals surface area contributed by atoms with Crippen LogP contribution in [-0.2, 0) is 13.1 Å². The summed E-state index contributed by atoms with van der Waals surface area (Å²) in [5, 5.41) is 3.34. The minimum Gasteiger partial charge on any atom is -0.311 e. The highest BCUT2D eigenvalue weighted by Crippen LogP contribution is 2.34. The maximum Gasteiger partial charge on any atom is 0.0547 e. The zero-order valence-electron chi connectivity index (χ0n) is 14.2. The quantitative estimate of drug-likeness (QED) is 0.900. The number of hydrogen-bond acceptors (Lipinski definition) is 3. The molecule has 0 saturated carbocycles. The summed E-state index contributed by atoms with van der Waals surface area (Å²) < 4.78 is 0. The van der Waals surface area contributed by atoms with E-state index in [1.807, 2.05) is 0 Å². The summed E-state index contributed by atoms with van der Waals surface area (Å²) in [5.41, 5.74) is 2.81. The lowest BCUT2D eigenvalue weighted by Crippen LogP contribution is -2.37. The third-order valence-corrected chi connectivity index (χ3v) is 4.62. The van der Waals surface area contributed by atoms with Crippen molar-refractivity contribution in [2.45, 2.75) is 53.6 Å². The first-order valence-corrected chi connectivity index (χ1v) is 8.37. The lowest BCUT2D eigenvalue weighted by Gasteiger charge is -2.38. The molecule has 3 heteroatoms. The normalized spacial score (nSPS) is 18.1. The summed E-state index contributed by atoms with van der Waals surface area (Å²) in [6.07, 6.45) is 2.64. The summed E-state index contributed by atoms with van der Waals surface area (Å²) >= 11 is 0. The number of rotatable bonds is 5. The molecule has 1 saturated heterocycles. The van der Waals surface area contributed by atoms with Crippen LogP contribution in [0.3, 0.4) is 0 Å². The van der Waals surface area contributed by atoms with Gasteiger partial charge in [-0.25, -0.2) is 0 Å². The van der Waals surface area contributed by atoms with E-state index in [1.54, 1.807) is 0 Å². The number of piperidine rings is 1. The van der Waals surface area contributed by atoms with Crippen LogP contribution < -0.4 is 5.32 Å². The molecule has 0 atom stereocenters. The second kappa shape index (κ2) is 7.37. The molecule has 0 spiro atoms. The van der Waals surface area contributed by atoms with Gasteiger partial charge in [0.15, 0.2) is 0 Å². The third kappa shape index (κ3) is 5.08. The Morgan fingerprint density at radius 1 is 1.19 bits per heavy atom. The number of likely N-dealkylation sites (tertiary alicyclic amines) is 1. The average Bonchev–Trinajstić information content (AvgIpc) is 2.45. The topological polar surface area (TPSA) is 28.2 Å². The van der Waals surface area contributed by atoms with Crippen molar-refractivity contribution < 1.29 is 0 Å². The first kappa shape index (κ1) is 16.4. The molecule has 1 aliphatic rings. The fourth-order valence-corrected chi connectivity index (χ4v) is 3.16. The van der Waals surface area contributed by atoms with E-state index in [9.17, 15) is 0 Å². The van der Waals surface area contributed by atoms with E-state index >= 15 is 0 Å². The standard InChI is InChI=1S/C18H31N3/c1-5-19-13-16-7-6-8-17(20-16)14-21-11-9-15(10-12-21)18(2,3)4/h6-8,15,19H,5,9-14H2,1-4H3. The summed E-state index contributed by atoms with van der Waals surface area (Å²) in [5.74, 6) is 0.863. The van der Waals surface area contributed by atoms with Crippen molar-refractivity contribution in [1.82, 2.24) is 15.2 Å². The first-order chi connectivity index (χ1) is 9.99. The Morgan fingerprint density at radius 3 is 2.48 bits per heavy atom. The minimum atomic E-state index is 0.454. The van der Waals surface area contributed by atoms with Crippen molar-refractivity contribution in [1.29, 1.82) is 0 Å². The van der Waals surface area contributed by atoms with E-state index < -0.39 is 0 Å². The molecule has 21 heavy (non-hydrogen) atoms. The van der Waals surface area contributed by atoms with Gasteiger partial charge in [-0.3, -0.25) is 9.88 Å². The number of nitrogens with zero attached hydrogens (tertiary/aromatic N) is 2. The lowest BCUT2D eigenvalue weighted by molar-refractivity contribution is 0.107. The molecular formula is C18H31N3. The van der Waals surface area contributed by atoms with E-state index in [-0.39, 0.29) is 0 Å². The van der Waals surface area contributed by atoms with Gasteiger partial charge in [-0.1, -0.05) is 33.8 Å². The van der Waals surface area contributed by atoms with Crippen LogP contribution in [0.1, 0.15) is 51.9 Å². The Balaban J connectivity index is 1.86. The number of nitrogens with one attached hydrogen (secondary N) is 1. The van der Waals surface area contributed by atoms with Crippen LogP contribution in [0.25, 0.3) is 0 Å². The molecule has 3 nitrogen and oxygen atoms in total. The average molecular weight is 289 g/mol. The number of hydrogen-bond donors (Lipinski definition) is 1. The van der Waals surface area contributed by atoms with Gasteiger partial charge in [0.05, 0.1) is 11.4 Å². The highest BCUT2D eigenvalue weighted by Gasteiger charge is 2.28. The van der Waals surface area contributed by atoms with Crippen molar-refractivity contribution in [3.05, 3.63) is 29.6 Å². The summed E-state index contributed by atoms with van der Waals surface area (Å²) in [7, 11) is 0. The van der Waals surface area contributed by atoms with Crippen LogP contribution in [0.5, 0.6) is 0 Å². The molecule has 1 fully saturated rings. The van der Waals surface area contributed by atoms with Gasteiger partial charge in [-0.05, 0) is 55.9 Å². The highest BCUT2D eigenvalue weighted by molar-refractivity contribution is 5.11. The van der Waals surface area contributed by atoms with E-state index in [0.717, 1.165) is 31.2 Å². The maximum absolute atomic E-state index is 4.77. The van der Waals surface area contributed by atoms with Crippen molar-refractivity contribution >= 4 is 0 Å². The van der Waals surface area contributed by atoms with Gasteiger partial charge in [-0.15, -0.1) is 0 Å². The molecule has 1 aromatic heterocycles. The first-order valence-electron chi connectivity index (χ1n) is 8.37. The van der Waals surface area contributed by atoms with Crippen LogP contribution in [0.4, 0.5) is 0 Å². The molecule has 1 aromatic rings. The van der Waals surface area contributed by atoms with Gasteiger partial charge < -0.3 is 5.32 Å². The molecule has 2 heterocycles. The second-order valence-corrected chi connectivity index (χ2v) is 7.32. The molecule has 0 bridgehead atoms. The largest absolute Gasteiger partial charge is 0.311 e. The molecule has 1 aliphatic heterocycles. The number of pyridine rings is 1. The van der Waals surface area contributed by atoms with Gasteiger partial charge in [-0.2, -0.15) is 0 Å². The molecule has 0 radical (unpaired) electrons. The Labute approximate surface area is 130 Å². The Morgan fingerprint density at radius 2 is 1.86 bits per heavy atom. The fraction of sp³-hybridized carbons (Fsp3) is 0.722. The van der Waals surface area contributed by atoms with Crippen LogP contribution in [0, 0.1) is 11.3 Å². The molecule has 2 rings (SSSR count). The van der Waals surface area contributed by atoms with Gasteiger partial charge in [0.2, 0.25) is 0 Å². The summed E-state index contributed by atoms with van der Waals surface area (Å²) in [6, 6.07) is 6.40. The Bertz CT molecular complexity index is 428. The summed E-state index contributed by atoms with van der Waals surface area (Å²) in [6.45, 7) is 14.5. The van der Waals surface area contributed by atoms with Crippen molar-refractivity contribution in [3.63, 3.8) is 0 Å². The third-order valence-electron chi connectivity index (χ3n) is 4.62. The minimum absolute atomic E-state index is 0.454. The van der Waals surface area contributed by atoms with E-state index in [2.05, 4.69) is 56.1 Å². The van der Waals surface area contributed by atoms with Crippen molar-refractivity contribution in [2.75, 3.05) is 19.6 Å². The van der Waals surface area contributed by atoms with Gasteiger partial charge >= 0.3 is 0 Å². The predicted molar refractivity (Wildman–Crippen MR) is 89.1 cm³/mol. The molecule has 0 amide bonds. The molecule has 0 unspecified atom stereocenters. The van der Waals surface area contributed by atoms with Crippen molar-refractivity contribution in [2.24, 2.45) is 11.3 Å². The molecule has 0 aliphatic carbocycles. The Kier molecular flexibility index (Phi) is 5.77. The molecule has 118 valence electrons. The summed E-state index contributed by atoms with van der Waals surface area (Å²) in [4.78, 5) is 7.33. The zero-order chi connectivity index (χ0) is 15.3. The smallest absolute Gasteiger partial charge is 0.0547 e.